The number of likely N-dealkylation sites (N-methyl/N-ethyl adjacent to an activating group) is 1. The van der Waals surface area contributed by atoms with Gasteiger partial charge in [-0.15, -0.1) is 0 Å². The van der Waals surface area contributed by atoms with Gasteiger partial charge in [-0.25, -0.2) is 0 Å². The summed E-state index contributed by atoms with van der Waals surface area (Å²) in [6.45, 7) is 1.03. The van der Waals surface area contributed by atoms with Crippen molar-refractivity contribution in [3.8, 4) is 0 Å². The Labute approximate surface area is 147 Å². The highest BCUT2D eigenvalue weighted by Crippen LogP contribution is 2.29. The van der Waals surface area contributed by atoms with E-state index in [0.717, 1.165) is 5.69 Å². The minimum atomic E-state index is -0.696. The Morgan fingerprint density at radius 2 is 1.80 bits per heavy atom. The van der Waals surface area contributed by atoms with Crippen molar-refractivity contribution in [2.24, 2.45) is 0 Å². The fourth-order valence-electron chi connectivity index (χ4n) is 3.28. The molecule has 0 saturated carbocycles. The summed E-state index contributed by atoms with van der Waals surface area (Å²) in [5.41, 5.74) is 0.757. The third-order valence-electron chi connectivity index (χ3n) is 4.65. The zero-order chi connectivity index (χ0) is 17.9. The lowest BCUT2D eigenvalue weighted by Gasteiger charge is -2.42. The maximum atomic E-state index is 12.9. The highest BCUT2D eigenvalue weighted by molar-refractivity contribution is 5.94. The van der Waals surface area contributed by atoms with Gasteiger partial charge in [-0.2, -0.15) is 0 Å². The van der Waals surface area contributed by atoms with Crippen LogP contribution in [0.5, 0.6) is 0 Å². The Morgan fingerprint density at radius 3 is 2.36 bits per heavy atom. The normalized spacial score (nSPS) is 16.3. The average Bonchev–Trinajstić information content (AvgIpc) is 3.16. The summed E-state index contributed by atoms with van der Waals surface area (Å²) < 4.78 is 5.00. The van der Waals surface area contributed by atoms with E-state index < -0.39 is 5.54 Å². The van der Waals surface area contributed by atoms with Crippen LogP contribution in [0, 0.1) is 0 Å². The molecule has 3 rings (SSSR count). The lowest BCUT2D eigenvalue weighted by molar-refractivity contribution is -0.135. The molecule has 2 aromatic rings. The molecule has 0 bridgehead atoms. The molecule has 1 aliphatic heterocycles. The fourth-order valence-corrected chi connectivity index (χ4v) is 3.28. The lowest BCUT2D eigenvalue weighted by Crippen LogP contribution is -2.58. The van der Waals surface area contributed by atoms with Crippen LogP contribution in [-0.4, -0.2) is 54.3 Å². The van der Waals surface area contributed by atoms with Crippen LogP contribution >= 0.6 is 0 Å². The zero-order valence-electron chi connectivity index (χ0n) is 14.6. The maximum absolute atomic E-state index is 12.9. The highest BCUT2D eigenvalue weighted by Gasteiger charge is 2.43. The van der Waals surface area contributed by atoms with Crippen LogP contribution < -0.4 is 5.32 Å². The number of furan rings is 1. The van der Waals surface area contributed by atoms with Crippen molar-refractivity contribution in [1.29, 1.82) is 0 Å². The molecule has 0 unspecified atom stereocenters. The molecule has 1 aliphatic rings. The highest BCUT2D eigenvalue weighted by atomic mass is 16.3. The summed E-state index contributed by atoms with van der Waals surface area (Å²) in [5.74, 6) is -0.0221. The van der Waals surface area contributed by atoms with E-state index in [1.165, 1.54) is 12.5 Å². The quantitative estimate of drug-likeness (QED) is 0.928. The first-order chi connectivity index (χ1) is 12.0. The molecule has 6 heteroatoms. The molecule has 6 nitrogen and oxygen atoms in total. The van der Waals surface area contributed by atoms with E-state index >= 15 is 0 Å². The molecule has 25 heavy (non-hydrogen) atoms. The standard InChI is InChI=1S/C19H23N3O3/c1-21(2)18(24)19(20-16-6-4-3-5-7-16)9-11-22(12-10-19)17(23)15-8-13-25-14-15/h3-8,13-14,20H,9-12H2,1-2H3. The summed E-state index contributed by atoms with van der Waals surface area (Å²) in [6, 6.07) is 11.4. The molecule has 132 valence electrons. The van der Waals surface area contributed by atoms with Crippen molar-refractivity contribution < 1.29 is 14.0 Å². The van der Waals surface area contributed by atoms with Crippen molar-refractivity contribution in [1.82, 2.24) is 9.80 Å². The smallest absolute Gasteiger partial charge is 0.257 e. The van der Waals surface area contributed by atoms with Crippen molar-refractivity contribution in [3.05, 3.63) is 54.5 Å². The number of hydrogen-bond donors (Lipinski definition) is 1. The third kappa shape index (κ3) is 3.52. The maximum Gasteiger partial charge on any atom is 0.257 e. The number of benzene rings is 1. The number of piperidine rings is 1. The van der Waals surface area contributed by atoms with Crippen LogP contribution in [0.4, 0.5) is 5.69 Å². The van der Waals surface area contributed by atoms with Crippen LogP contribution in [0.3, 0.4) is 0 Å². The molecule has 0 atom stereocenters. The molecular weight excluding hydrogens is 318 g/mol. The summed E-state index contributed by atoms with van der Waals surface area (Å²) in [7, 11) is 3.53. The molecule has 0 radical (unpaired) electrons. The number of nitrogens with one attached hydrogen (secondary N) is 1. The minimum absolute atomic E-state index is 0.0340. The monoisotopic (exact) mass is 341 g/mol. The van der Waals surface area contributed by atoms with Crippen LogP contribution in [0.1, 0.15) is 23.2 Å². The second-order valence-electron chi connectivity index (χ2n) is 6.58. The predicted octanol–water partition coefficient (Wildman–Crippen LogP) is 2.45. The lowest BCUT2D eigenvalue weighted by atomic mass is 9.85. The molecule has 1 N–H and O–H groups in total. The summed E-state index contributed by atoms with van der Waals surface area (Å²) in [4.78, 5) is 28.7. The van der Waals surface area contributed by atoms with Gasteiger partial charge >= 0.3 is 0 Å². The number of carbonyl (C=O) groups is 2. The van der Waals surface area contributed by atoms with Crippen molar-refractivity contribution in [3.63, 3.8) is 0 Å². The van der Waals surface area contributed by atoms with E-state index in [9.17, 15) is 9.59 Å². The summed E-state index contributed by atoms with van der Waals surface area (Å²) >= 11 is 0. The van der Waals surface area contributed by atoms with Crippen molar-refractivity contribution in [2.75, 3.05) is 32.5 Å². The molecule has 2 heterocycles. The van der Waals surface area contributed by atoms with Crippen LogP contribution in [0.15, 0.2) is 53.3 Å². The Morgan fingerprint density at radius 1 is 1.12 bits per heavy atom. The first-order valence-corrected chi connectivity index (χ1v) is 8.38. The SMILES string of the molecule is CN(C)C(=O)C1(Nc2ccccc2)CCN(C(=O)c2ccoc2)CC1. The molecular formula is C19H23N3O3. The predicted molar refractivity (Wildman–Crippen MR) is 95.3 cm³/mol. The molecule has 1 fully saturated rings. The Hall–Kier alpha value is -2.76. The number of hydrogen-bond acceptors (Lipinski definition) is 4. The number of rotatable bonds is 4. The Balaban J connectivity index is 1.76. The average molecular weight is 341 g/mol. The summed E-state index contributed by atoms with van der Waals surface area (Å²) in [6.07, 6.45) is 4.07. The first kappa shape index (κ1) is 17.1. The largest absolute Gasteiger partial charge is 0.472 e. The summed E-state index contributed by atoms with van der Waals surface area (Å²) in [5, 5.41) is 3.42. The second-order valence-corrected chi connectivity index (χ2v) is 6.58. The molecule has 1 aromatic heterocycles. The van der Waals surface area contributed by atoms with E-state index in [1.54, 1.807) is 30.0 Å². The van der Waals surface area contributed by atoms with Gasteiger partial charge in [0.15, 0.2) is 0 Å². The number of nitrogens with zero attached hydrogens (tertiary/aromatic N) is 2. The van der Waals surface area contributed by atoms with Crippen molar-refractivity contribution >= 4 is 17.5 Å². The van der Waals surface area contributed by atoms with Gasteiger partial charge in [-0.1, -0.05) is 18.2 Å². The van der Waals surface area contributed by atoms with E-state index in [4.69, 9.17) is 4.42 Å². The first-order valence-electron chi connectivity index (χ1n) is 8.38. The number of amides is 2. The van der Waals surface area contributed by atoms with Gasteiger partial charge in [0.05, 0.1) is 11.8 Å². The van der Waals surface area contributed by atoms with E-state index in [-0.39, 0.29) is 11.8 Å². The van der Waals surface area contributed by atoms with E-state index in [2.05, 4.69) is 5.32 Å². The van der Waals surface area contributed by atoms with Crippen LogP contribution in [0.2, 0.25) is 0 Å². The third-order valence-corrected chi connectivity index (χ3v) is 4.65. The van der Waals surface area contributed by atoms with Crippen LogP contribution in [-0.2, 0) is 4.79 Å². The molecule has 2 amide bonds. The van der Waals surface area contributed by atoms with Gasteiger partial charge in [0.25, 0.3) is 5.91 Å². The Bertz CT molecular complexity index is 718. The zero-order valence-corrected chi connectivity index (χ0v) is 14.6. The number of anilines is 1. The molecule has 1 saturated heterocycles. The number of likely N-dealkylation sites (tertiary alicyclic amines) is 1. The van der Waals surface area contributed by atoms with Gasteiger partial charge in [0.1, 0.15) is 11.8 Å². The Kier molecular flexibility index (Phi) is 4.79. The van der Waals surface area contributed by atoms with Gasteiger partial charge in [-0.05, 0) is 31.0 Å². The van der Waals surface area contributed by atoms with Crippen LogP contribution in [0.25, 0.3) is 0 Å². The number of carbonyl (C=O) groups excluding carboxylic acids is 2. The van der Waals surface area contributed by atoms with E-state index in [0.29, 0.717) is 31.5 Å². The topological polar surface area (TPSA) is 65.8 Å². The van der Waals surface area contributed by atoms with Gasteiger partial charge < -0.3 is 19.5 Å². The molecule has 1 aromatic carbocycles. The van der Waals surface area contributed by atoms with E-state index in [1.807, 2.05) is 30.3 Å². The van der Waals surface area contributed by atoms with Gasteiger partial charge in [0.2, 0.25) is 5.91 Å². The van der Waals surface area contributed by atoms with Crippen molar-refractivity contribution in [2.45, 2.75) is 18.4 Å². The molecule has 0 aliphatic carbocycles. The van der Waals surface area contributed by atoms with Gasteiger partial charge in [0, 0.05) is 32.9 Å². The fraction of sp³-hybridized carbons (Fsp3) is 0.368. The molecule has 0 spiro atoms. The van der Waals surface area contributed by atoms with Gasteiger partial charge in [-0.3, -0.25) is 9.59 Å². The number of para-hydroxylation sites is 1. The minimum Gasteiger partial charge on any atom is -0.472 e. The second kappa shape index (κ2) is 7.01.